The van der Waals surface area contributed by atoms with Crippen molar-refractivity contribution in [2.45, 2.75) is 43.9 Å². The molecule has 3 N–H and O–H groups in total. The number of rotatable bonds is 10. The molecule has 2 atom stereocenters. The zero-order valence-corrected chi connectivity index (χ0v) is 23.7. The molecule has 0 spiro atoms. The van der Waals surface area contributed by atoms with E-state index in [0.717, 1.165) is 40.7 Å². The van der Waals surface area contributed by atoms with Gasteiger partial charge in [0.25, 0.3) is 5.91 Å². The van der Waals surface area contributed by atoms with Crippen LogP contribution in [-0.4, -0.2) is 68.0 Å². The first kappa shape index (κ1) is 27.5. The van der Waals surface area contributed by atoms with Gasteiger partial charge in [0.1, 0.15) is 12.4 Å². The van der Waals surface area contributed by atoms with Gasteiger partial charge in [-0.2, -0.15) is 5.10 Å². The monoisotopic (exact) mass is 549 g/mol. The van der Waals surface area contributed by atoms with Crippen molar-refractivity contribution >= 4 is 35.5 Å². The smallest absolute Gasteiger partial charge is 0.251 e. The molecule has 1 saturated heterocycles. The summed E-state index contributed by atoms with van der Waals surface area (Å²) in [4.78, 5) is 29.6. The summed E-state index contributed by atoms with van der Waals surface area (Å²) in [7, 11) is 0. The van der Waals surface area contributed by atoms with Gasteiger partial charge in [-0.1, -0.05) is 19.9 Å². The van der Waals surface area contributed by atoms with E-state index in [1.807, 2.05) is 24.4 Å². The summed E-state index contributed by atoms with van der Waals surface area (Å²) in [5.41, 5.74) is 6.56. The van der Waals surface area contributed by atoms with Crippen molar-refractivity contribution in [3.8, 4) is 5.75 Å². The van der Waals surface area contributed by atoms with E-state index >= 15 is 0 Å². The Kier molecular flexibility index (Phi) is 9.09. The molecule has 3 heterocycles. The summed E-state index contributed by atoms with van der Waals surface area (Å²) in [5.74, 6) is 1.84. The lowest BCUT2D eigenvalue weighted by Gasteiger charge is -2.25. The number of nitrogens with one attached hydrogen (secondary N) is 3. The Morgan fingerprint density at radius 1 is 1.18 bits per heavy atom. The lowest BCUT2D eigenvalue weighted by Crippen LogP contribution is -2.33. The Bertz CT molecular complexity index is 1210. The Morgan fingerprint density at radius 2 is 2.03 bits per heavy atom. The van der Waals surface area contributed by atoms with Crippen LogP contribution in [0.3, 0.4) is 0 Å². The molecule has 0 radical (unpaired) electrons. The predicted octanol–water partition coefficient (Wildman–Crippen LogP) is 4.12. The van der Waals surface area contributed by atoms with Crippen LogP contribution in [0.2, 0.25) is 0 Å². The molecular formula is C30H39N5O3S. The maximum atomic E-state index is 13.4. The predicted molar refractivity (Wildman–Crippen MR) is 157 cm³/mol. The summed E-state index contributed by atoms with van der Waals surface area (Å²) in [6.07, 6.45) is 5.05. The molecule has 0 bridgehead atoms. The molecule has 3 aliphatic rings. The first-order valence-electron chi connectivity index (χ1n) is 14.1. The van der Waals surface area contributed by atoms with Crippen LogP contribution in [0.15, 0.2) is 46.4 Å². The third-order valence-corrected chi connectivity index (χ3v) is 8.52. The van der Waals surface area contributed by atoms with Gasteiger partial charge in [0.05, 0.1) is 11.6 Å². The summed E-state index contributed by atoms with van der Waals surface area (Å²) in [6, 6.07) is 11.8. The number of carbonyl (C=O) groups is 2. The fraction of sp³-hybridized carbons (Fsp3) is 0.500. The Balaban J connectivity index is 1.26. The van der Waals surface area contributed by atoms with Crippen LogP contribution < -0.4 is 20.8 Å². The number of anilines is 1. The highest BCUT2D eigenvalue weighted by molar-refractivity contribution is 7.99. The topological polar surface area (TPSA) is 95.1 Å². The van der Waals surface area contributed by atoms with E-state index in [0.29, 0.717) is 31.1 Å². The second-order valence-electron chi connectivity index (χ2n) is 11.0. The number of amides is 2. The van der Waals surface area contributed by atoms with Crippen molar-refractivity contribution in [1.29, 1.82) is 0 Å². The van der Waals surface area contributed by atoms with Gasteiger partial charge in [-0.25, -0.2) is 0 Å². The van der Waals surface area contributed by atoms with Crippen molar-refractivity contribution in [3.05, 3.63) is 53.1 Å². The van der Waals surface area contributed by atoms with Crippen LogP contribution in [-0.2, 0) is 11.2 Å². The molecule has 208 valence electrons. The lowest BCUT2D eigenvalue weighted by molar-refractivity contribution is -0.121. The van der Waals surface area contributed by atoms with Crippen LogP contribution in [0, 0.1) is 11.8 Å². The zero-order valence-electron chi connectivity index (χ0n) is 22.9. The van der Waals surface area contributed by atoms with Gasteiger partial charge in [0.15, 0.2) is 0 Å². The molecule has 0 saturated carbocycles. The second kappa shape index (κ2) is 12.9. The average molecular weight is 550 g/mol. The molecule has 8 nitrogen and oxygen atoms in total. The summed E-state index contributed by atoms with van der Waals surface area (Å²) in [6.45, 7) is 9.27. The number of ether oxygens (including phenoxy) is 1. The van der Waals surface area contributed by atoms with Crippen molar-refractivity contribution in [2.24, 2.45) is 16.9 Å². The number of thioether (sulfide) groups is 1. The molecule has 0 aromatic heterocycles. The molecule has 9 heteroatoms. The largest absolute Gasteiger partial charge is 0.492 e. The summed E-state index contributed by atoms with van der Waals surface area (Å²) in [5, 5.41) is 10.3. The highest BCUT2D eigenvalue weighted by atomic mass is 32.2. The number of benzene rings is 2. The first-order chi connectivity index (χ1) is 19.0. The number of nitrogens with zero attached hydrogens (tertiary/aromatic N) is 2. The van der Waals surface area contributed by atoms with Crippen molar-refractivity contribution in [1.82, 2.24) is 15.6 Å². The van der Waals surface area contributed by atoms with Gasteiger partial charge in [0.2, 0.25) is 5.91 Å². The molecule has 5 rings (SSSR count). The quantitative estimate of drug-likeness (QED) is 0.386. The van der Waals surface area contributed by atoms with Crippen LogP contribution >= 0.6 is 11.8 Å². The van der Waals surface area contributed by atoms with E-state index in [2.05, 4.69) is 52.0 Å². The van der Waals surface area contributed by atoms with E-state index in [4.69, 9.17) is 4.74 Å². The number of carbonyl (C=O) groups excluding carboxylic acids is 2. The van der Waals surface area contributed by atoms with Gasteiger partial charge in [0, 0.05) is 48.0 Å². The maximum absolute atomic E-state index is 13.4. The Hall–Kier alpha value is -3.04. The van der Waals surface area contributed by atoms with Gasteiger partial charge < -0.3 is 25.7 Å². The molecule has 2 aromatic rings. The molecule has 3 aliphatic heterocycles. The van der Waals surface area contributed by atoms with E-state index in [-0.39, 0.29) is 23.7 Å². The van der Waals surface area contributed by atoms with E-state index in [9.17, 15) is 9.59 Å². The van der Waals surface area contributed by atoms with Gasteiger partial charge in [-0.15, -0.1) is 11.8 Å². The minimum Gasteiger partial charge on any atom is -0.492 e. The van der Waals surface area contributed by atoms with Crippen LogP contribution in [0.5, 0.6) is 5.75 Å². The number of hydrazone groups is 1. The van der Waals surface area contributed by atoms with E-state index in [1.54, 1.807) is 17.8 Å². The minimum atomic E-state index is -0.334. The normalized spacial score (nSPS) is 20.4. The molecule has 2 aromatic carbocycles. The standard InChI is InChI=1S/C30H39N5O3S/c1-20(2)16-31-29(36)22-6-8-27-23(13-22)14-24(19-38-27)30(37)34-26-7-5-21(25-17-32-33-18-25)15-28(26)39-12-11-35-9-3-4-10-35/h5-8,13,15,17,20,24-25,33H,3-4,9-12,14,16,18-19H2,1-2H3,(H,31,36)(H,34,37). The zero-order chi connectivity index (χ0) is 27.2. The highest BCUT2D eigenvalue weighted by Gasteiger charge is 2.28. The van der Waals surface area contributed by atoms with E-state index < -0.39 is 0 Å². The average Bonchev–Trinajstić information content (AvgIpc) is 3.67. The molecule has 2 unspecified atom stereocenters. The number of hydrogen-bond donors (Lipinski definition) is 3. The van der Waals surface area contributed by atoms with Gasteiger partial charge in [-0.3, -0.25) is 9.59 Å². The molecular weight excluding hydrogens is 510 g/mol. The summed E-state index contributed by atoms with van der Waals surface area (Å²) >= 11 is 1.80. The van der Waals surface area contributed by atoms with Crippen molar-refractivity contribution in [3.63, 3.8) is 0 Å². The molecule has 2 amide bonds. The van der Waals surface area contributed by atoms with Crippen LogP contribution in [0.4, 0.5) is 5.69 Å². The fourth-order valence-corrected chi connectivity index (χ4v) is 6.23. The molecule has 1 fully saturated rings. The third-order valence-electron chi connectivity index (χ3n) is 7.48. The van der Waals surface area contributed by atoms with Crippen LogP contribution in [0.25, 0.3) is 0 Å². The first-order valence-corrected chi connectivity index (χ1v) is 15.0. The lowest BCUT2D eigenvalue weighted by atomic mass is 9.94. The Labute approximate surface area is 235 Å². The maximum Gasteiger partial charge on any atom is 0.251 e. The molecule has 0 aliphatic carbocycles. The van der Waals surface area contributed by atoms with Gasteiger partial charge >= 0.3 is 0 Å². The third kappa shape index (κ3) is 7.13. The van der Waals surface area contributed by atoms with E-state index in [1.165, 1.54) is 31.5 Å². The number of likely N-dealkylation sites (tertiary alicyclic amines) is 1. The van der Waals surface area contributed by atoms with Crippen molar-refractivity contribution in [2.75, 3.05) is 50.4 Å². The fourth-order valence-electron chi connectivity index (χ4n) is 5.17. The summed E-state index contributed by atoms with van der Waals surface area (Å²) < 4.78 is 5.94. The highest BCUT2D eigenvalue weighted by Crippen LogP contribution is 2.33. The second-order valence-corrected chi connectivity index (χ2v) is 12.2. The minimum absolute atomic E-state index is 0.0615. The number of fused-ring (bicyclic) bond motifs is 1. The van der Waals surface area contributed by atoms with Crippen LogP contribution in [0.1, 0.15) is 54.1 Å². The number of hydrogen-bond acceptors (Lipinski definition) is 7. The Morgan fingerprint density at radius 3 is 2.79 bits per heavy atom. The van der Waals surface area contributed by atoms with Gasteiger partial charge in [-0.05, 0) is 79.7 Å². The molecule has 39 heavy (non-hydrogen) atoms. The van der Waals surface area contributed by atoms with Crippen molar-refractivity contribution < 1.29 is 14.3 Å². The SMILES string of the molecule is CC(C)CNC(=O)c1ccc2c(c1)CC(C(=O)Nc1ccc(C3C=NNC3)cc1SCCN1CCCC1)CO2.